The zero-order chi connectivity index (χ0) is 26.9. The lowest BCUT2D eigenvalue weighted by atomic mass is 9.98. The highest BCUT2D eigenvalue weighted by atomic mass is 19.4. The molecule has 1 aromatic heterocycles. The van der Waals surface area contributed by atoms with Crippen molar-refractivity contribution >= 4 is 23.4 Å². The molecule has 0 saturated carbocycles. The van der Waals surface area contributed by atoms with Crippen LogP contribution >= 0.6 is 0 Å². The molecule has 0 radical (unpaired) electrons. The van der Waals surface area contributed by atoms with Gasteiger partial charge in [-0.3, -0.25) is 0 Å². The number of amides is 2. The number of carbonyl (C=O) groups excluding carboxylic acids is 1. The molecule has 206 valence electrons. The summed E-state index contributed by atoms with van der Waals surface area (Å²) in [6.07, 6.45) is -4.72. The van der Waals surface area contributed by atoms with E-state index in [0.717, 1.165) is 41.4 Å². The first-order valence-corrected chi connectivity index (χ1v) is 13.0. The van der Waals surface area contributed by atoms with Gasteiger partial charge in [0.05, 0.1) is 32.0 Å². The Morgan fingerprint density at radius 1 is 1.13 bits per heavy atom. The van der Waals surface area contributed by atoms with Gasteiger partial charge in [0, 0.05) is 38.3 Å². The predicted octanol–water partition coefficient (Wildman–Crippen LogP) is 4.90. The van der Waals surface area contributed by atoms with Crippen molar-refractivity contribution in [1.82, 2.24) is 9.88 Å². The van der Waals surface area contributed by atoms with Gasteiger partial charge >= 0.3 is 12.2 Å². The van der Waals surface area contributed by atoms with Crippen LogP contribution in [0, 0.1) is 12.8 Å². The lowest BCUT2D eigenvalue weighted by Crippen LogP contribution is -2.53. The third-order valence-electron chi connectivity index (χ3n) is 7.31. The summed E-state index contributed by atoms with van der Waals surface area (Å²) in [5, 5.41) is 6.40. The Labute approximate surface area is 220 Å². The van der Waals surface area contributed by atoms with Crippen LogP contribution in [0.15, 0.2) is 30.3 Å². The van der Waals surface area contributed by atoms with E-state index in [1.807, 2.05) is 37.3 Å². The van der Waals surface area contributed by atoms with E-state index in [1.54, 1.807) is 0 Å². The minimum absolute atomic E-state index is 0.106. The topological polar surface area (TPSA) is 79.0 Å². The van der Waals surface area contributed by atoms with E-state index in [9.17, 15) is 18.0 Å². The predicted molar refractivity (Wildman–Crippen MR) is 140 cm³/mol. The molecule has 4 heterocycles. The third kappa shape index (κ3) is 6.32. The number of likely N-dealkylation sites (tertiary alicyclic amines) is 1. The van der Waals surface area contributed by atoms with E-state index in [-0.39, 0.29) is 18.1 Å². The van der Waals surface area contributed by atoms with Crippen LogP contribution in [0.3, 0.4) is 0 Å². The number of ether oxygens (including phenoxy) is 2. The van der Waals surface area contributed by atoms with Crippen LogP contribution in [0.1, 0.15) is 25.3 Å². The van der Waals surface area contributed by atoms with Crippen molar-refractivity contribution in [3.05, 3.63) is 35.9 Å². The number of hydrogen-bond donors (Lipinski definition) is 2. The fourth-order valence-electron chi connectivity index (χ4n) is 5.20. The molecule has 2 N–H and O–H groups in total. The first-order chi connectivity index (χ1) is 18.1. The summed E-state index contributed by atoms with van der Waals surface area (Å²) in [7, 11) is 0. The molecular weight excluding hydrogens is 499 g/mol. The van der Waals surface area contributed by atoms with Gasteiger partial charge in [-0.25, -0.2) is 9.78 Å². The van der Waals surface area contributed by atoms with Crippen molar-refractivity contribution in [2.75, 3.05) is 68.1 Å². The number of anilines is 3. The molecule has 0 spiro atoms. The number of aryl methyl sites for hydroxylation is 1. The molecule has 3 aliphatic heterocycles. The van der Waals surface area contributed by atoms with Gasteiger partial charge < -0.3 is 29.9 Å². The molecule has 2 amide bonds. The van der Waals surface area contributed by atoms with Gasteiger partial charge in [0.15, 0.2) is 0 Å². The molecule has 11 heteroatoms. The standard InChI is InChI=1S/C27H34F3N5O3/c1-18-3-4-21(31-25(36)35-6-5-19(15-35)14-27(28,29)30)13-22(18)20-11-23(33-26(2)16-38-17-26)32-24(12-20)34-7-9-37-10-8-34/h3-4,11-13,19H,5-10,14-17H2,1-2H3,(H,31,36)(H,32,33)/t19-/m0/s1. The third-order valence-corrected chi connectivity index (χ3v) is 7.31. The summed E-state index contributed by atoms with van der Waals surface area (Å²) in [5.74, 6) is 1.04. The minimum atomic E-state index is -4.22. The van der Waals surface area contributed by atoms with Gasteiger partial charge in [-0.15, -0.1) is 0 Å². The highest BCUT2D eigenvalue weighted by Crippen LogP contribution is 2.34. The molecule has 3 saturated heterocycles. The Bertz CT molecular complexity index is 1170. The molecule has 8 nitrogen and oxygen atoms in total. The average molecular weight is 534 g/mol. The summed E-state index contributed by atoms with van der Waals surface area (Å²) in [4.78, 5) is 21.4. The molecular formula is C27H34F3N5O3. The van der Waals surface area contributed by atoms with Crippen molar-refractivity contribution < 1.29 is 27.4 Å². The number of rotatable bonds is 6. The number of alkyl halides is 3. The summed E-state index contributed by atoms with van der Waals surface area (Å²) in [6, 6.07) is 9.33. The van der Waals surface area contributed by atoms with E-state index in [2.05, 4.69) is 22.5 Å². The van der Waals surface area contributed by atoms with Crippen LogP contribution in [0.2, 0.25) is 0 Å². The van der Waals surface area contributed by atoms with E-state index in [0.29, 0.717) is 45.1 Å². The quantitative estimate of drug-likeness (QED) is 0.550. The van der Waals surface area contributed by atoms with Gasteiger partial charge in [-0.1, -0.05) is 6.07 Å². The van der Waals surface area contributed by atoms with Crippen LogP contribution < -0.4 is 15.5 Å². The summed E-state index contributed by atoms with van der Waals surface area (Å²) >= 11 is 0. The molecule has 3 fully saturated rings. The minimum Gasteiger partial charge on any atom is -0.378 e. The lowest BCUT2D eigenvalue weighted by molar-refractivity contribution is -0.143. The second-order valence-electron chi connectivity index (χ2n) is 10.8. The van der Waals surface area contributed by atoms with Gasteiger partial charge in [-0.2, -0.15) is 13.2 Å². The lowest BCUT2D eigenvalue weighted by Gasteiger charge is -2.39. The maximum atomic E-state index is 12.9. The van der Waals surface area contributed by atoms with Crippen LogP contribution in [-0.4, -0.2) is 80.2 Å². The number of aromatic nitrogens is 1. The molecule has 1 aromatic carbocycles. The fourth-order valence-corrected chi connectivity index (χ4v) is 5.20. The summed E-state index contributed by atoms with van der Waals surface area (Å²) in [6.45, 7) is 8.50. The normalized spacial score (nSPS) is 21.2. The molecule has 5 rings (SSSR count). The van der Waals surface area contributed by atoms with E-state index < -0.39 is 18.5 Å². The van der Waals surface area contributed by atoms with E-state index >= 15 is 0 Å². The zero-order valence-corrected chi connectivity index (χ0v) is 21.7. The van der Waals surface area contributed by atoms with E-state index in [1.165, 1.54) is 4.90 Å². The van der Waals surface area contributed by atoms with Crippen LogP contribution in [-0.2, 0) is 9.47 Å². The highest BCUT2D eigenvalue weighted by Gasteiger charge is 2.37. The Morgan fingerprint density at radius 3 is 2.58 bits per heavy atom. The number of hydrogen-bond acceptors (Lipinski definition) is 6. The van der Waals surface area contributed by atoms with Crippen molar-refractivity contribution in [3.63, 3.8) is 0 Å². The Kier molecular flexibility index (Phi) is 7.41. The molecule has 1 atom stereocenters. The number of halogens is 3. The van der Waals surface area contributed by atoms with Crippen LogP contribution in [0.4, 0.5) is 35.3 Å². The number of nitrogens with zero attached hydrogens (tertiary/aromatic N) is 3. The first kappa shape index (κ1) is 26.6. The number of pyridine rings is 1. The number of benzene rings is 1. The van der Waals surface area contributed by atoms with Gasteiger partial charge in [0.1, 0.15) is 11.6 Å². The second-order valence-corrected chi connectivity index (χ2v) is 10.8. The molecule has 0 bridgehead atoms. The van der Waals surface area contributed by atoms with Crippen molar-refractivity contribution in [3.8, 4) is 11.1 Å². The van der Waals surface area contributed by atoms with Gasteiger partial charge in [0.25, 0.3) is 0 Å². The highest BCUT2D eigenvalue weighted by molar-refractivity contribution is 5.91. The first-order valence-electron chi connectivity index (χ1n) is 13.0. The SMILES string of the molecule is Cc1ccc(NC(=O)N2CC[C@@H](CC(F)(F)F)C2)cc1-c1cc(NC2(C)COC2)nc(N2CCOCC2)c1. The van der Waals surface area contributed by atoms with Gasteiger partial charge in [-0.05, 0) is 67.1 Å². The van der Waals surface area contributed by atoms with Crippen molar-refractivity contribution in [1.29, 1.82) is 0 Å². The summed E-state index contributed by atoms with van der Waals surface area (Å²) in [5.41, 5.74) is 3.33. The Morgan fingerprint density at radius 2 is 1.89 bits per heavy atom. The molecule has 2 aromatic rings. The maximum Gasteiger partial charge on any atom is 0.389 e. The molecule has 0 aliphatic carbocycles. The van der Waals surface area contributed by atoms with Crippen molar-refractivity contribution in [2.24, 2.45) is 5.92 Å². The molecule has 38 heavy (non-hydrogen) atoms. The maximum absolute atomic E-state index is 12.9. The molecule has 0 unspecified atom stereocenters. The monoisotopic (exact) mass is 533 g/mol. The number of morpholine rings is 1. The Balaban J connectivity index is 1.37. The second kappa shape index (κ2) is 10.6. The average Bonchev–Trinajstić information content (AvgIpc) is 3.31. The zero-order valence-electron chi connectivity index (χ0n) is 21.7. The molecule has 3 aliphatic rings. The van der Waals surface area contributed by atoms with Crippen LogP contribution in [0.25, 0.3) is 11.1 Å². The smallest absolute Gasteiger partial charge is 0.378 e. The number of urea groups is 1. The summed E-state index contributed by atoms with van der Waals surface area (Å²) < 4.78 is 49.2. The largest absolute Gasteiger partial charge is 0.389 e. The van der Waals surface area contributed by atoms with Crippen LogP contribution in [0.5, 0.6) is 0 Å². The van der Waals surface area contributed by atoms with Crippen molar-refractivity contribution in [2.45, 2.75) is 38.4 Å². The van der Waals surface area contributed by atoms with Gasteiger partial charge in [0.2, 0.25) is 0 Å². The van der Waals surface area contributed by atoms with E-state index in [4.69, 9.17) is 14.5 Å². The fraction of sp³-hybridized carbons (Fsp3) is 0.556. The number of carbonyl (C=O) groups is 1. The number of nitrogens with one attached hydrogen (secondary N) is 2. The Hall–Kier alpha value is -3.05.